The molecule has 0 radical (unpaired) electrons. The molecule has 2 N–H and O–H groups in total. The number of halogens is 2. The number of hydrogen-bond acceptors (Lipinski definition) is 3. The molecule has 2 aliphatic rings. The fraction of sp³-hybridized carbons (Fsp3) is 0.909. The molecule has 17 heavy (non-hydrogen) atoms. The van der Waals surface area contributed by atoms with E-state index in [1.54, 1.807) is 0 Å². The van der Waals surface area contributed by atoms with Crippen LogP contribution in [0.1, 0.15) is 19.8 Å². The van der Waals surface area contributed by atoms with E-state index in [2.05, 4.69) is 4.90 Å². The molecule has 1 aliphatic carbocycles. The van der Waals surface area contributed by atoms with Crippen LogP contribution < -0.4 is 5.73 Å². The molecule has 2 fully saturated rings. The molecule has 1 saturated carbocycles. The molecule has 1 unspecified atom stereocenters. The van der Waals surface area contributed by atoms with E-state index in [0.29, 0.717) is 6.54 Å². The lowest BCUT2D eigenvalue weighted by Crippen LogP contribution is -2.51. The van der Waals surface area contributed by atoms with Crippen LogP contribution in [0.4, 0.5) is 0 Å². The minimum atomic E-state index is -0.0162. The third kappa shape index (κ3) is 4.28. The number of rotatable bonds is 3. The molecule has 1 heterocycles. The topological polar surface area (TPSA) is 49.6 Å². The Morgan fingerprint density at radius 1 is 1.24 bits per heavy atom. The van der Waals surface area contributed by atoms with Crippen LogP contribution >= 0.6 is 24.8 Å². The Balaban J connectivity index is 0.00000128. The van der Waals surface area contributed by atoms with Crippen LogP contribution in [0, 0.1) is 5.92 Å². The Morgan fingerprint density at radius 3 is 2.18 bits per heavy atom. The molecule has 0 aromatic rings. The Kier molecular flexibility index (Phi) is 7.40. The summed E-state index contributed by atoms with van der Waals surface area (Å²) in [6, 6.07) is 0.828. The Hall–Kier alpha value is -0.0300. The lowest BCUT2D eigenvalue weighted by molar-refractivity contribution is -0.136. The molecule has 2 rings (SSSR count). The monoisotopic (exact) mass is 283 g/mol. The van der Waals surface area contributed by atoms with E-state index in [0.717, 1.165) is 32.2 Å². The largest absolute Gasteiger partial charge is 0.340 e. The molecule has 0 spiro atoms. The van der Waals surface area contributed by atoms with Crippen LogP contribution in [-0.2, 0) is 4.79 Å². The number of carbonyl (C=O) groups is 1. The number of amides is 1. The van der Waals surface area contributed by atoms with Gasteiger partial charge in [0.1, 0.15) is 0 Å². The average Bonchev–Trinajstić information content (AvgIpc) is 3.11. The van der Waals surface area contributed by atoms with E-state index < -0.39 is 0 Å². The van der Waals surface area contributed by atoms with Crippen LogP contribution in [0.5, 0.6) is 0 Å². The first-order valence-electron chi connectivity index (χ1n) is 5.95. The van der Waals surface area contributed by atoms with Crippen LogP contribution in [0.25, 0.3) is 0 Å². The highest BCUT2D eigenvalue weighted by Gasteiger charge is 2.32. The molecule has 1 atom stereocenters. The predicted octanol–water partition coefficient (Wildman–Crippen LogP) is 0.731. The summed E-state index contributed by atoms with van der Waals surface area (Å²) < 4.78 is 0. The zero-order valence-electron chi connectivity index (χ0n) is 10.3. The second kappa shape index (κ2) is 7.41. The molecule has 4 nitrogen and oxygen atoms in total. The molecule has 1 amide bonds. The Bertz CT molecular complexity index is 241. The fourth-order valence-corrected chi connectivity index (χ4v) is 2.16. The summed E-state index contributed by atoms with van der Waals surface area (Å²) in [4.78, 5) is 16.3. The van der Waals surface area contributed by atoms with Crippen molar-refractivity contribution in [1.29, 1.82) is 0 Å². The first-order valence-corrected chi connectivity index (χ1v) is 5.95. The standard InChI is InChI=1S/C11H21N3O.2ClH/c1-9(8-12)11(15)14-6-4-13(5-7-14)10-2-3-10;;/h9-10H,2-8,12H2,1H3;2*1H. The average molecular weight is 284 g/mol. The lowest BCUT2D eigenvalue weighted by Gasteiger charge is -2.35. The Morgan fingerprint density at radius 2 is 1.76 bits per heavy atom. The summed E-state index contributed by atoms with van der Waals surface area (Å²) in [7, 11) is 0. The van der Waals surface area contributed by atoms with E-state index in [-0.39, 0.29) is 36.6 Å². The van der Waals surface area contributed by atoms with E-state index in [4.69, 9.17) is 5.73 Å². The van der Waals surface area contributed by atoms with Crippen molar-refractivity contribution < 1.29 is 4.79 Å². The smallest absolute Gasteiger partial charge is 0.226 e. The predicted molar refractivity (Wildman–Crippen MR) is 73.9 cm³/mol. The molecule has 6 heteroatoms. The van der Waals surface area contributed by atoms with Gasteiger partial charge in [-0.25, -0.2) is 0 Å². The molecule has 1 aliphatic heterocycles. The van der Waals surface area contributed by atoms with Crippen molar-refractivity contribution in [1.82, 2.24) is 9.80 Å². The zero-order chi connectivity index (χ0) is 10.8. The minimum Gasteiger partial charge on any atom is -0.340 e. The summed E-state index contributed by atoms with van der Waals surface area (Å²) in [5, 5.41) is 0. The maximum Gasteiger partial charge on any atom is 0.226 e. The molecule has 1 saturated heterocycles. The second-order valence-electron chi connectivity index (χ2n) is 4.73. The van der Waals surface area contributed by atoms with Crippen molar-refractivity contribution in [2.24, 2.45) is 11.7 Å². The molecule has 0 aromatic carbocycles. The van der Waals surface area contributed by atoms with Crippen molar-refractivity contribution in [2.45, 2.75) is 25.8 Å². The summed E-state index contributed by atoms with van der Waals surface area (Å²) in [5.74, 6) is 0.213. The van der Waals surface area contributed by atoms with Crippen molar-refractivity contribution in [3.63, 3.8) is 0 Å². The number of hydrogen-bond donors (Lipinski definition) is 1. The van der Waals surface area contributed by atoms with Gasteiger partial charge >= 0.3 is 0 Å². The van der Waals surface area contributed by atoms with Gasteiger partial charge in [-0.2, -0.15) is 0 Å². The third-order valence-electron chi connectivity index (χ3n) is 3.46. The van der Waals surface area contributed by atoms with Crippen molar-refractivity contribution >= 4 is 30.7 Å². The van der Waals surface area contributed by atoms with Gasteiger partial charge in [-0.05, 0) is 12.8 Å². The van der Waals surface area contributed by atoms with Gasteiger partial charge in [0.15, 0.2) is 0 Å². The lowest BCUT2D eigenvalue weighted by atomic mass is 10.1. The van der Waals surface area contributed by atoms with Crippen LogP contribution in [0.3, 0.4) is 0 Å². The van der Waals surface area contributed by atoms with E-state index >= 15 is 0 Å². The maximum atomic E-state index is 11.8. The van der Waals surface area contributed by atoms with Crippen LogP contribution in [-0.4, -0.2) is 54.5 Å². The quantitative estimate of drug-likeness (QED) is 0.831. The SMILES string of the molecule is CC(CN)C(=O)N1CCN(C2CC2)CC1.Cl.Cl. The molecular formula is C11H23Cl2N3O. The second-order valence-corrected chi connectivity index (χ2v) is 4.73. The van der Waals surface area contributed by atoms with Gasteiger partial charge in [0.2, 0.25) is 5.91 Å². The first-order chi connectivity index (χ1) is 7.22. The van der Waals surface area contributed by atoms with Gasteiger partial charge in [-0.1, -0.05) is 6.92 Å². The van der Waals surface area contributed by atoms with Crippen LogP contribution in [0.2, 0.25) is 0 Å². The molecule has 0 bridgehead atoms. The number of nitrogens with zero attached hydrogens (tertiary/aromatic N) is 2. The number of piperazine rings is 1. The van der Waals surface area contributed by atoms with Gasteiger partial charge < -0.3 is 10.6 Å². The van der Waals surface area contributed by atoms with E-state index in [1.165, 1.54) is 12.8 Å². The normalized spacial score (nSPS) is 22.4. The molecular weight excluding hydrogens is 261 g/mol. The number of carbonyl (C=O) groups excluding carboxylic acids is 1. The van der Waals surface area contributed by atoms with Gasteiger partial charge in [0.25, 0.3) is 0 Å². The zero-order valence-corrected chi connectivity index (χ0v) is 11.9. The van der Waals surface area contributed by atoms with Crippen molar-refractivity contribution in [2.75, 3.05) is 32.7 Å². The summed E-state index contributed by atoms with van der Waals surface area (Å²) in [6.45, 7) is 6.25. The highest BCUT2D eigenvalue weighted by Crippen LogP contribution is 2.27. The fourth-order valence-electron chi connectivity index (χ4n) is 2.16. The summed E-state index contributed by atoms with van der Waals surface area (Å²) in [5.41, 5.74) is 5.51. The Labute approximate surface area is 116 Å². The molecule has 0 aromatic heterocycles. The molecule has 102 valence electrons. The highest BCUT2D eigenvalue weighted by atomic mass is 35.5. The van der Waals surface area contributed by atoms with Gasteiger partial charge in [0, 0.05) is 44.7 Å². The van der Waals surface area contributed by atoms with Crippen LogP contribution in [0.15, 0.2) is 0 Å². The first kappa shape index (κ1) is 17.0. The van der Waals surface area contributed by atoms with Crippen molar-refractivity contribution in [3.05, 3.63) is 0 Å². The summed E-state index contributed by atoms with van der Waals surface area (Å²) >= 11 is 0. The van der Waals surface area contributed by atoms with E-state index in [1.807, 2.05) is 11.8 Å². The van der Waals surface area contributed by atoms with Crippen molar-refractivity contribution in [3.8, 4) is 0 Å². The van der Waals surface area contributed by atoms with E-state index in [9.17, 15) is 4.79 Å². The third-order valence-corrected chi connectivity index (χ3v) is 3.46. The van der Waals surface area contributed by atoms with Gasteiger partial charge in [-0.3, -0.25) is 9.69 Å². The number of nitrogens with two attached hydrogens (primary N) is 1. The minimum absolute atomic E-state index is 0. The highest BCUT2D eigenvalue weighted by molar-refractivity contribution is 5.85. The van der Waals surface area contributed by atoms with Gasteiger partial charge in [0.05, 0.1) is 0 Å². The maximum absolute atomic E-state index is 11.8. The van der Waals surface area contributed by atoms with Gasteiger partial charge in [-0.15, -0.1) is 24.8 Å². The summed E-state index contributed by atoms with van der Waals surface area (Å²) in [6.07, 6.45) is 2.71.